The first-order valence-electron chi connectivity index (χ1n) is 10.1. The number of sulfonamides is 1. The molecule has 11 heteroatoms. The highest BCUT2D eigenvalue weighted by Crippen LogP contribution is 2.29. The highest BCUT2D eigenvalue weighted by molar-refractivity contribution is 7.89. The van der Waals surface area contributed by atoms with Crippen molar-refractivity contribution in [3.63, 3.8) is 0 Å². The molecule has 2 heterocycles. The van der Waals surface area contributed by atoms with E-state index >= 15 is 0 Å². The van der Waals surface area contributed by atoms with E-state index in [0.717, 1.165) is 23.6 Å². The molecule has 33 heavy (non-hydrogen) atoms. The highest BCUT2D eigenvalue weighted by atomic mass is 35.5. The molecule has 0 radical (unpaired) electrons. The molecule has 0 unspecified atom stereocenters. The lowest BCUT2D eigenvalue weighted by atomic mass is 10.2. The number of aryl methyl sites for hydroxylation is 1. The highest BCUT2D eigenvalue weighted by Gasteiger charge is 2.20. The van der Waals surface area contributed by atoms with Crippen molar-refractivity contribution in [2.75, 3.05) is 11.9 Å². The minimum atomic E-state index is -3.98. The lowest BCUT2D eigenvalue weighted by Gasteiger charge is -2.15. The molecule has 0 amide bonds. The third-order valence-corrected chi connectivity index (χ3v) is 6.74. The number of aromatic nitrogens is 3. The third kappa shape index (κ3) is 5.29. The molecule has 0 atom stereocenters. The van der Waals surface area contributed by atoms with E-state index in [2.05, 4.69) is 20.2 Å². The van der Waals surface area contributed by atoms with Gasteiger partial charge in [0.05, 0.1) is 10.7 Å². The number of nitrogens with zero attached hydrogens (tertiary/aromatic N) is 3. The molecular formula is C22H20ClF2N5O2S. The SMILES string of the molecule is O=S(=O)(NCc1ccc(F)c(F)c1)c1cccc(Cl)c1NCCCc1nnc2ccccn12. The summed E-state index contributed by atoms with van der Waals surface area (Å²) in [6.07, 6.45) is 3.16. The summed E-state index contributed by atoms with van der Waals surface area (Å²) in [5.41, 5.74) is 1.31. The van der Waals surface area contributed by atoms with Gasteiger partial charge in [-0.1, -0.05) is 29.8 Å². The van der Waals surface area contributed by atoms with Gasteiger partial charge in [-0.05, 0) is 48.4 Å². The molecule has 2 aromatic carbocycles. The molecule has 0 bridgehead atoms. The Morgan fingerprint density at radius 3 is 2.67 bits per heavy atom. The van der Waals surface area contributed by atoms with Crippen LogP contribution in [0.5, 0.6) is 0 Å². The van der Waals surface area contributed by atoms with Crippen LogP contribution in [0.4, 0.5) is 14.5 Å². The molecule has 0 saturated heterocycles. The zero-order chi connectivity index (χ0) is 23.4. The van der Waals surface area contributed by atoms with Crippen LogP contribution >= 0.6 is 11.6 Å². The van der Waals surface area contributed by atoms with Crippen LogP contribution in [0.2, 0.25) is 5.02 Å². The van der Waals surface area contributed by atoms with Crippen molar-refractivity contribution in [3.8, 4) is 0 Å². The van der Waals surface area contributed by atoms with Crippen molar-refractivity contribution in [2.45, 2.75) is 24.3 Å². The van der Waals surface area contributed by atoms with Crippen molar-refractivity contribution in [1.82, 2.24) is 19.3 Å². The molecule has 0 aliphatic carbocycles. The zero-order valence-corrected chi connectivity index (χ0v) is 18.9. The summed E-state index contributed by atoms with van der Waals surface area (Å²) in [7, 11) is -3.98. The van der Waals surface area contributed by atoms with E-state index < -0.39 is 21.7 Å². The van der Waals surface area contributed by atoms with Crippen LogP contribution in [0.1, 0.15) is 17.8 Å². The van der Waals surface area contributed by atoms with Gasteiger partial charge in [-0.25, -0.2) is 21.9 Å². The number of rotatable bonds is 9. The quantitative estimate of drug-likeness (QED) is 0.343. The van der Waals surface area contributed by atoms with Crippen molar-refractivity contribution in [3.05, 3.63) is 88.8 Å². The normalized spacial score (nSPS) is 11.7. The number of fused-ring (bicyclic) bond motifs is 1. The standard InChI is InChI=1S/C22H20ClF2N5O2S/c23-16-5-3-6-19(33(31,32)27-14-15-9-10-17(24)18(25)13-15)22(16)26-11-4-8-21-29-28-20-7-1-2-12-30(20)21/h1-3,5-7,9-10,12-13,26-27H,4,8,11,14H2. The number of para-hydroxylation sites is 1. The molecule has 7 nitrogen and oxygen atoms in total. The van der Waals surface area contributed by atoms with Gasteiger partial charge >= 0.3 is 0 Å². The average Bonchev–Trinajstić information content (AvgIpc) is 3.21. The molecule has 2 N–H and O–H groups in total. The second-order valence-electron chi connectivity index (χ2n) is 7.26. The maximum atomic E-state index is 13.4. The predicted molar refractivity (Wildman–Crippen MR) is 122 cm³/mol. The van der Waals surface area contributed by atoms with E-state index in [0.29, 0.717) is 19.4 Å². The van der Waals surface area contributed by atoms with E-state index in [-0.39, 0.29) is 27.7 Å². The average molecular weight is 492 g/mol. The Hall–Kier alpha value is -3.08. The summed E-state index contributed by atoms with van der Waals surface area (Å²) in [5, 5.41) is 11.6. The Labute approximate surface area is 194 Å². The molecule has 0 saturated carbocycles. The van der Waals surface area contributed by atoms with E-state index in [1.807, 2.05) is 28.8 Å². The predicted octanol–water partition coefficient (Wildman–Crippen LogP) is 4.18. The van der Waals surface area contributed by atoms with Crippen LogP contribution in [-0.4, -0.2) is 29.6 Å². The Morgan fingerprint density at radius 2 is 1.85 bits per heavy atom. The fourth-order valence-electron chi connectivity index (χ4n) is 3.33. The Kier molecular flexibility index (Phi) is 6.87. The Bertz CT molecular complexity index is 1390. The fraction of sp³-hybridized carbons (Fsp3) is 0.182. The van der Waals surface area contributed by atoms with Gasteiger partial charge in [0.1, 0.15) is 10.7 Å². The van der Waals surface area contributed by atoms with E-state index in [1.165, 1.54) is 18.2 Å². The number of hydrogen-bond acceptors (Lipinski definition) is 5. The molecule has 0 aliphatic rings. The van der Waals surface area contributed by atoms with Gasteiger partial charge in [-0.3, -0.25) is 4.40 Å². The molecule has 2 aromatic heterocycles. The van der Waals surface area contributed by atoms with Gasteiger partial charge in [0.25, 0.3) is 0 Å². The van der Waals surface area contributed by atoms with Crippen LogP contribution in [0.25, 0.3) is 5.65 Å². The van der Waals surface area contributed by atoms with Crippen LogP contribution in [0.15, 0.2) is 65.7 Å². The van der Waals surface area contributed by atoms with Gasteiger partial charge in [0.15, 0.2) is 17.3 Å². The first-order valence-corrected chi connectivity index (χ1v) is 12.0. The van der Waals surface area contributed by atoms with Crippen molar-refractivity contribution in [2.24, 2.45) is 0 Å². The number of anilines is 1. The smallest absolute Gasteiger partial charge is 0.242 e. The van der Waals surface area contributed by atoms with E-state index in [1.54, 1.807) is 6.07 Å². The molecule has 0 aliphatic heterocycles. The van der Waals surface area contributed by atoms with Gasteiger partial charge in [0.2, 0.25) is 10.0 Å². The van der Waals surface area contributed by atoms with E-state index in [4.69, 9.17) is 11.6 Å². The van der Waals surface area contributed by atoms with Gasteiger partial charge in [-0.15, -0.1) is 10.2 Å². The van der Waals surface area contributed by atoms with Gasteiger partial charge in [-0.2, -0.15) is 0 Å². The summed E-state index contributed by atoms with van der Waals surface area (Å²) in [4.78, 5) is -0.0366. The second-order valence-corrected chi connectivity index (χ2v) is 9.40. The summed E-state index contributed by atoms with van der Waals surface area (Å²) in [6.45, 7) is 0.239. The maximum Gasteiger partial charge on any atom is 0.242 e. The monoisotopic (exact) mass is 491 g/mol. The second kappa shape index (κ2) is 9.82. The number of hydrogen-bond donors (Lipinski definition) is 2. The molecule has 0 fully saturated rings. The van der Waals surface area contributed by atoms with Crippen LogP contribution in [-0.2, 0) is 23.0 Å². The lowest BCUT2D eigenvalue weighted by molar-refractivity contribution is 0.506. The minimum absolute atomic E-state index is 0.0366. The van der Waals surface area contributed by atoms with Crippen molar-refractivity contribution >= 4 is 33.0 Å². The summed E-state index contributed by atoms with van der Waals surface area (Å²) in [5.74, 6) is -1.24. The number of pyridine rings is 1. The van der Waals surface area contributed by atoms with Crippen LogP contribution < -0.4 is 10.0 Å². The lowest BCUT2D eigenvalue weighted by Crippen LogP contribution is -2.24. The molecule has 0 spiro atoms. The van der Waals surface area contributed by atoms with Crippen LogP contribution in [0, 0.1) is 11.6 Å². The van der Waals surface area contributed by atoms with Crippen molar-refractivity contribution < 1.29 is 17.2 Å². The fourth-order valence-corrected chi connectivity index (χ4v) is 4.84. The first-order chi connectivity index (χ1) is 15.8. The number of benzene rings is 2. The number of halogens is 3. The minimum Gasteiger partial charge on any atom is -0.383 e. The van der Waals surface area contributed by atoms with Crippen molar-refractivity contribution in [1.29, 1.82) is 0 Å². The molecule has 4 rings (SSSR count). The molecule has 4 aromatic rings. The van der Waals surface area contributed by atoms with Crippen LogP contribution in [0.3, 0.4) is 0 Å². The maximum absolute atomic E-state index is 13.4. The van der Waals surface area contributed by atoms with Gasteiger partial charge < -0.3 is 5.32 Å². The largest absolute Gasteiger partial charge is 0.383 e. The Morgan fingerprint density at radius 1 is 1.00 bits per heavy atom. The first kappa shape index (κ1) is 23.1. The van der Waals surface area contributed by atoms with E-state index in [9.17, 15) is 17.2 Å². The summed E-state index contributed by atoms with van der Waals surface area (Å²) >= 11 is 6.27. The summed E-state index contributed by atoms with van der Waals surface area (Å²) in [6, 6.07) is 13.4. The molecular weight excluding hydrogens is 472 g/mol. The summed E-state index contributed by atoms with van der Waals surface area (Å²) < 4.78 is 56.6. The Balaban J connectivity index is 1.43. The zero-order valence-electron chi connectivity index (χ0n) is 17.3. The molecule has 172 valence electrons. The third-order valence-electron chi connectivity index (χ3n) is 4.98. The topological polar surface area (TPSA) is 88.4 Å². The van der Waals surface area contributed by atoms with Gasteiger partial charge in [0, 0.05) is 25.7 Å². The number of nitrogens with one attached hydrogen (secondary N) is 2.